The number of aromatic nitrogens is 2. The minimum Gasteiger partial charge on any atom is -0.393 e. The van der Waals surface area contributed by atoms with E-state index in [-0.39, 0.29) is 30.2 Å². The van der Waals surface area contributed by atoms with Crippen molar-refractivity contribution in [2.45, 2.75) is 45.1 Å². The van der Waals surface area contributed by atoms with E-state index in [4.69, 9.17) is 4.52 Å². The van der Waals surface area contributed by atoms with Crippen molar-refractivity contribution in [2.24, 2.45) is 5.92 Å². The molecule has 0 spiro atoms. The van der Waals surface area contributed by atoms with Gasteiger partial charge >= 0.3 is 0 Å². The van der Waals surface area contributed by atoms with Crippen LogP contribution in [0.5, 0.6) is 0 Å². The highest BCUT2D eigenvalue weighted by Gasteiger charge is 2.25. The maximum Gasteiger partial charge on any atom is 0.227 e. The molecule has 0 radical (unpaired) electrons. The highest BCUT2D eigenvalue weighted by Crippen LogP contribution is 2.24. The van der Waals surface area contributed by atoms with Gasteiger partial charge in [-0.05, 0) is 31.4 Å². The van der Waals surface area contributed by atoms with E-state index in [0.29, 0.717) is 35.8 Å². The number of amides is 1. The molecule has 2 aromatic rings. The smallest absolute Gasteiger partial charge is 0.227 e. The van der Waals surface area contributed by atoms with Crippen LogP contribution in [-0.2, 0) is 11.2 Å². The van der Waals surface area contributed by atoms with Gasteiger partial charge in [0.05, 0.1) is 6.10 Å². The van der Waals surface area contributed by atoms with Crippen LogP contribution in [0.25, 0.3) is 11.4 Å². The van der Waals surface area contributed by atoms with Crippen molar-refractivity contribution in [3.63, 3.8) is 0 Å². The van der Waals surface area contributed by atoms with Gasteiger partial charge in [-0.3, -0.25) is 4.79 Å². The molecular formula is C18H22FN3O3. The van der Waals surface area contributed by atoms with Gasteiger partial charge in [-0.15, -0.1) is 0 Å². The Balaban J connectivity index is 1.49. The number of carbonyl (C=O) groups is 1. The summed E-state index contributed by atoms with van der Waals surface area (Å²) in [4.78, 5) is 16.1. The first-order chi connectivity index (χ1) is 12.0. The van der Waals surface area contributed by atoms with Crippen molar-refractivity contribution in [3.8, 4) is 11.4 Å². The van der Waals surface area contributed by atoms with E-state index < -0.39 is 0 Å². The summed E-state index contributed by atoms with van der Waals surface area (Å²) in [6.07, 6.45) is 3.00. The largest absolute Gasteiger partial charge is 0.393 e. The number of aliphatic hydroxyl groups is 1. The number of aliphatic hydroxyl groups excluding tert-OH is 1. The molecule has 3 rings (SSSR count). The first-order valence-corrected chi connectivity index (χ1v) is 8.57. The molecule has 7 heteroatoms. The number of hydrogen-bond donors (Lipinski definition) is 2. The van der Waals surface area contributed by atoms with E-state index in [2.05, 4.69) is 15.5 Å². The Hall–Kier alpha value is -2.28. The summed E-state index contributed by atoms with van der Waals surface area (Å²) in [6, 6.07) is 4.75. The highest BCUT2D eigenvalue weighted by molar-refractivity contribution is 5.76. The van der Waals surface area contributed by atoms with Crippen molar-refractivity contribution in [1.29, 1.82) is 0 Å². The molecular weight excluding hydrogens is 325 g/mol. The van der Waals surface area contributed by atoms with Crippen molar-refractivity contribution in [2.75, 3.05) is 6.54 Å². The van der Waals surface area contributed by atoms with E-state index >= 15 is 0 Å². The van der Waals surface area contributed by atoms with Gasteiger partial charge in [0.1, 0.15) is 5.82 Å². The number of nitrogens with one attached hydrogen (secondary N) is 1. The molecule has 1 fully saturated rings. The van der Waals surface area contributed by atoms with E-state index in [0.717, 1.165) is 19.3 Å². The van der Waals surface area contributed by atoms with Gasteiger partial charge < -0.3 is 14.9 Å². The number of rotatable bonds is 6. The minimum absolute atomic E-state index is 0.111. The maximum atomic E-state index is 13.6. The van der Waals surface area contributed by atoms with Gasteiger partial charge in [-0.1, -0.05) is 23.7 Å². The summed E-state index contributed by atoms with van der Waals surface area (Å²) < 4.78 is 18.7. The van der Waals surface area contributed by atoms with Crippen LogP contribution in [0.1, 0.15) is 37.1 Å². The third-order valence-corrected chi connectivity index (χ3v) is 4.64. The molecule has 2 unspecified atom stereocenters. The lowest BCUT2D eigenvalue weighted by atomic mass is 10.1. The number of carbonyl (C=O) groups excluding carboxylic acids is 1. The lowest BCUT2D eigenvalue weighted by molar-refractivity contribution is -0.121. The fraction of sp³-hybridized carbons (Fsp3) is 0.500. The second-order valence-electron chi connectivity index (χ2n) is 6.54. The fourth-order valence-corrected chi connectivity index (χ4v) is 3.01. The average molecular weight is 347 g/mol. The minimum atomic E-state index is -0.322. The molecule has 1 aliphatic rings. The summed E-state index contributed by atoms with van der Waals surface area (Å²) >= 11 is 0. The van der Waals surface area contributed by atoms with Gasteiger partial charge in [-0.25, -0.2) is 4.39 Å². The zero-order chi connectivity index (χ0) is 17.8. The van der Waals surface area contributed by atoms with Crippen LogP contribution < -0.4 is 5.32 Å². The molecule has 0 bridgehead atoms. The lowest BCUT2D eigenvalue weighted by Gasteiger charge is -2.14. The number of halogens is 1. The zero-order valence-corrected chi connectivity index (χ0v) is 14.2. The van der Waals surface area contributed by atoms with E-state index in [1.54, 1.807) is 19.1 Å². The van der Waals surface area contributed by atoms with E-state index in [1.165, 1.54) is 6.07 Å². The summed E-state index contributed by atoms with van der Waals surface area (Å²) in [5.41, 5.74) is 1.09. The van der Waals surface area contributed by atoms with E-state index in [9.17, 15) is 14.3 Å². The average Bonchev–Trinajstić information content (AvgIpc) is 3.22. The molecule has 1 aromatic carbocycles. The van der Waals surface area contributed by atoms with Crippen LogP contribution in [0.15, 0.2) is 22.7 Å². The van der Waals surface area contributed by atoms with Crippen LogP contribution in [0.3, 0.4) is 0 Å². The summed E-state index contributed by atoms with van der Waals surface area (Å²) in [5.74, 6) is 0.364. The lowest BCUT2D eigenvalue weighted by Crippen LogP contribution is -2.32. The predicted octanol–water partition coefficient (Wildman–Crippen LogP) is 2.39. The molecule has 1 aromatic heterocycles. The molecule has 2 N–H and O–H groups in total. The van der Waals surface area contributed by atoms with Crippen molar-refractivity contribution >= 4 is 5.91 Å². The van der Waals surface area contributed by atoms with Gasteiger partial charge in [0.15, 0.2) is 0 Å². The second kappa shape index (κ2) is 7.74. The third-order valence-electron chi connectivity index (χ3n) is 4.64. The monoisotopic (exact) mass is 347 g/mol. The standard InChI is InChI=1S/C18H22FN3O3/c1-11-5-6-12(9-14(11)19)18-21-17(25-22-18)8-7-16(24)20-10-13-3-2-4-15(13)23/h5-6,9,13,15,23H,2-4,7-8,10H2,1H3,(H,20,24). The van der Waals surface area contributed by atoms with Crippen molar-refractivity contribution in [1.82, 2.24) is 15.5 Å². The zero-order valence-electron chi connectivity index (χ0n) is 14.2. The molecule has 1 amide bonds. The number of aryl methyl sites for hydroxylation is 2. The van der Waals surface area contributed by atoms with Crippen molar-refractivity contribution in [3.05, 3.63) is 35.5 Å². The third kappa shape index (κ3) is 4.42. The van der Waals surface area contributed by atoms with Crippen LogP contribution in [0.2, 0.25) is 0 Å². The Morgan fingerprint density at radius 2 is 2.28 bits per heavy atom. The van der Waals surface area contributed by atoms with Crippen LogP contribution in [0.4, 0.5) is 4.39 Å². The van der Waals surface area contributed by atoms with Gasteiger partial charge in [0, 0.05) is 30.9 Å². The quantitative estimate of drug-likeness (QED) is 0.838. The molecule has 6 nitrogen and oxygen atoms in total. The van der Waals surface area contributed by atoms with Gasteiger partial charge in [0.25, 0.3) is 0 Å². The SMILES string of the molecule is Cc1ccc(-c2noc(CCC(=O)NCC3CCCC3O)n2)cc1F. The maximum absolute atomic E-state index is 13.6. The molecule has 134 valence electrons. The number of benzene rings is 1. The Labute approximate surface area is 145 Å². The predicted molar refractivity (Wildman–Crippen MR) is 89.1 cm³/mol. The Kier molecular flexibility index (Phi) is 5.43. The molecule has 1 aliphatic carbocycles. The summed E-state index contributed by atoms with van der Waals surface area (Å²) in [7, 11) is 0. The Morgan fingerprint density at radius 1 is 1.44 bits per heavy atom. The Bertz CT molecular complexity index is 747. The normalized spacial score (nSPS) is 20.0. The molecule has 1 saturated carbocycles. The molecule has 2 atom stereocenters. The van der Waals surface area contributed by atoms with Crippen molar-refractivity contribution < 1.29 is 18.8 Å². The summed E-state index contributed by atoms with van der Waals surface area (Å²) in [5, 5.41) is 16.4. The van der Waals surface area contributed by atoms with Crippen LogP contribution in [0, 0.1) is 18.7 Å². The second-order valence-corrected chi connectivity index (χ2v) is 6.54. The molecule has 1 heterocycles. The first-order valence-electron chi connectivity index (χ1n) is 8.57. The molecule has 0 saturated heterocycles. The van der Waals surface area contributed by atoms with Gasteiger partial charge in [-0.2, -0.15) is 4.98 Å². The Morgan fingerprint density at radius 3 is 3.00 bits per heavy atom. The van der Waals surface area contributed by atoms with E-state index in [1.807, 2.05) is 0 Å². The fourth-order valence-electron chi connectivity index (χ4n) is 3.01. The number of nitrogens with zero attached hydrogens (tertiary/aromatic N) is 2. The van der Waals surface area contributed by atoms with Gasteiger partial charge in [0.2, 0.25) is 17.6 Å². The molecule has 0 aliphatic heterocycles. The topological polar surface area (TPSA) is 88.2 Å². The van der Waals surface area contributed by atoms with Crippen LogP contribution in [-0.4, -0.2) is 33.8 Å². The number of hydrogen-bond acceptors (Lipinski definition) is 5. The summed E-state index contributed by atoms with van der Waals surface area (Å²) in [6.45, 7) is 2.18. The molecule has 25 heavy (non-hydrogen) atoms. The van der Waals surface area contributed by atoms with Crippen LogP contribution >= 0.6 is 0 Å². The highest BCUT2D eigenvalue weighted by atomic mass is 19.1. The first kappa shape index (κ1) is 17.5.